The first-order chi connectivity index (χ1) is 9.61. The van der Waals surface area contributed by atoms with Gasteiger partial charge >= 0.3 is 0 Å². The van der Waals surface area contributed by atoms with Gasteiger partial charge in [0, 0.05) is 32.1 Å². The number of para-hydroxylation sites is 1. The van der Waals surface area contributed by atoms with Gasteiger partial charge in [0.05, 0.1) is 12.2 Å². The summed E-state index contributed by atoms with van der Waals surface area (Å²) in [6.07, 6.45) is 0.897. The molecule has 1 atom stereocenters. The first-order valence-electron chi connectivity index (χ1n) is 7.36. The van der Waals surface area contributed by atoms with Crippen molar-refractivity contribution in [3.63, 3.8) is 0 Å². The Labute approximate surface area is 120 Å². The van der Waals surface area contributed by atoms with Crippen molar-refractivity contribution in [2.75, 3.05) is 37.6 Å². The molecule has 1 saturated heterocycles. The highest BCUT2D eigenvalue weighted by molar-refractivity contribution is 5.82. The molecule has 4 heteroatoms. The lowest BCUT2D eigenvalue weighted by Gasteiger charge is -2.36. The summed E-state index contributed by atoms with van der Waals surface area (Å²) >= 11 is 0. The maximum Gasteiger partial charge on any atom is 0.149 e. The molecule has 0 amide bonds. The summed E-state index contributed by atoms with van der Waals surface area (Å²) in [5, 5.41) is 0. The summed E-state index contributed by atoms with van der Waals surface area (Å²) in [6.45, 7) is 7.73. The minimum absolute atomic E-state index is 0.139. The van der Waals surface area contributed by atoms with E-state index in [0.717, 1.165) is 32.6 Å². The molecule has 0 aliphatic carbocycles. The van der Waals surface area contributed by atoms with E-state index in [0.29, 0.717) is 18.0 Å². The predicted octanol–water partition coefficient (Wildman–Crippen LogP) is 2.56. The molecule has 0 radical (unpaired) electrons. The van der Waals surface area contributed by atoms with Crippen LogP contribution in [0.3, 0.4) is 0 Å². The lowest BCUT2D eigenvalue weighted by Crippen LogP contribution is -2.48. The van der Waals surface area contributed by atoms with Gasteiger partial charge < -0.3 is 4.90 Å². The molecule has 110 valence electrons. The quantitative estimate of drug-likeness (QED) is 0.827. The second-order valence-electron chi connectivity index (χ2n) is 5.49. The number of carbonyl (C=O) groups is 1. The molecule has 0 N–H and O–H groups in total. The van der Waals surface area contributed by atoms with Crippen molar-refractivity contribution < 1.29 is 9.18 Å². The number of Topliss-reactive ketones (excluding diaryl/α,β-unsaturated/α-hetero) is 1. The zero-order valence-corrected chi connectivity index (χ0v) is 12.3. The lowest BCUT2D eigenvalue weighted by atomic mass is 10.0. The van der Waals surface area contributed by atoms with Gasteiger partial charge in [-0.1, -0.05) is 26.0 Å². The Morgan fingerprint density at radius 2 is 1.90 bits per heavy atom. The summed E-state index contributed by atoms with van der Waals surface area (Å²) in [5.41, 5.74) is 0.667. The monoisotopic (exact) mass is 278 g/mol. The van der Waals surface area contributed by atoms with Gasteiger partial charge in [0.15, 0.2) is 0 Å². The Hall–Kier alpha value is -1.42. The fourth-order valence-corrected chi connectivity index (χ4v) is 2.46. The zero-order chi connectivity index (χ0) is 14.5. The second kappa shape index (κ2) is 6.84. The molecule has 2 rings (SSSR count). The highest BCUT2D eigenvalue weighted by Crippen LogP contribution is 2.20. The summed E-state index contributed by atoms with van der Waals surface area (Å²) < 4.78 is 13.7. The van der Waals surface area contributed by atoms with E-state index >= 15 is 0 Å². The lowest BCUT2D eigenvalue weighted by molar-refractivity contribution is -0.123. The van der Waals surface area contributed by atoms with Crippen molar-refractivity contribution in [1.82, 2.24) is 4.90 Å². The molecule has 20 heavy (non-hydrogen) atoms. The molecule has 0 spiro atoms. The van der Waals surface area contributed by atoms with Crippen LogP contribution in [0.1, 0.15) is 20.3 Å². The summed E-state index contributed by atoms with van der Waals surface area (Å²) in [7, 11) is 0. The predicted molar refractivity (Wildman–Crippen MR) is 79.5 cm³/mol. The molecule has 1 aliphatic rings. The molecule has 3 nitrogen and oxygen atoms in total. The number of nitrogens with zero attached hydrogens (tertiary/aromatic N) is 2. The first-order valence-corrected chi connectivity index (χ1v) is 7.36. The van der Waals surface area contributed by atoms with Crippen LogP contribution in [0, 0.1) is 11.7 Å². The van der Waals surface area contributed by atoms with E-state index in [1.54, 1.807) is 6.07 Å². The maximum absolute atomic E-state index is 13.7. The standard InChI is InChI=1S/C16H23FN2O/c1-3-13(2)16(20)12-18-8-10-19(11-9-18)15-7-5-4-6-14(15)17/h4-7,13H,3,8-12H2,1-2H3. The van der Waals surface area contributed by atoms with E-state index in [-0.39, 0.29) is 11.7 Å². The minimum Gasteiger partial charge on any atom is -0.367 e. The second-order valence-corrected chi connectivity index (χ2v) is 5.49. The molecule has 1 aliphatic heterocycles. The molecular weight excluding hydrogens is 255 g/mol. The largest absolute Gasteiger partial charge is 0.367 e. The van der Waals surface area contributed by atoms with Crippen LogP contribution >= 0.6 is 0 Å². The third-order valence-corrected chi connectivity index (χ3v) is 4.11. The Balaban J connectivity index is 1.87. The van der Waals surface area contributed by atoms with Crippen molar-refractivity contribution in [1.29, 1.82) is 0 Å². The number of hydrogen-bond acceptors (Lipinski definition) is 3. The van der Waals surface area contributed by atoms with Crippen molar-refractivity contribution in [3.8, 4) is 0 Å². The Morgan fingerprint density at radius 1 is 1.25 bits per heavy atom. The van der Waals surface area contributed by atoms with E-state index in [4.69, 9.17) is 0 Å². The molecule has 1 heterocycles. The van der Waals surface area contributed by atoms with Crippen LogP contribution in [0.25, 0.3) is 0 Å². The van der Waals surface area contributed by atoms with Gasteiger partial charge in [0.2, 0.25) is 0 Å². The SMILES string of the molecule is CCC(C)C(=O)CN1CCN(c2ccccc2F)CC1. The summed E-state index contributed by atoms with van der Waals surface area (Å²) in [5.74, 6) is 0.281. The minimum atomic E-state index is -0.170. The number of benzene rings is 1. The number of anilines is 1. The molecule has 1 aromatic carbocycles. The topological polar surface area (TPSA) is 23.6 Å². The van der Waals surface area contributed by atoms with Gasteiger partial charge in [-0.3, -0.25) is 9.69 Å². The van der Waals surface area contributed by atoms with Crippen LogP contribution in [0.5, 0.6) is 0 Å². The summed E-state index contributed by atoms with van der Waals surface area (Å²) in [6, 6.07) is 6.88. The van der Waals surface area contributed by atoms with Crippen LogP contribution in [-0.2, 0) is 4.79 Å². The average Bonchev–Trinajstić information content (AvgIpc) is 2.48. The fraction of sp³-hybridized carbons (Fsp3) is 0.562. The van der Waals surface area contributed by atoms with Gasteiger partial charge in [-0.25, -0.2) is 4.39 Å². The molecule has 0 aromatic heterocycles. The third-order valence-electron chi connectivity index (χ3n) is 4.11. The Morgan fingerprint density at radius 3 is 2.50 bits per heavy atom. The van der Waals surface area contributed by atoms with E-state index in [9.17, 15) is 9.18 Å². The molecule has 1 aromatic rings. The molecule has 0 bridgehead atoms. The molecule has 1 fully saturated rings. The highest BCUT2D eigenvalue weighted by Gasteiger charge is 2.22. The fourth-order valence-electron chi connectivity index (χ4n) is 2.46. The van der Waals surface area contributed by atoms with Gasteiger partial charge in [-0.15, -0.1) is 0 Å². The van der Waals surface area contributed by atoms with Crippen LogP contribution in [0.2, 0.25) is 0 Å². The van der Waals surface area contributed by atoms with Crippen molar-refractivity contribution in [2.24, 2.45) is 5.92 Å². The molecule has 1 unspecified atom stereocenters. The van der Waals surface area contributed by atoms with E-state index in [1.807, 2.05) is 26.0 Å². The summed E-state index contributed by atoms with van der Waals surface area (Å²) in [4.78, 5) is 16.2. The van der Waals surface area contributed by atoms with Crippen LogP contribution < -0.4 is 4.90 Å². The van der Waals surface area contributed by atoms with Gasteiger partial charge in [-0.2, -0.15) is 0 Å². The number of halogens is 1. The highest BCUT2D eigenvalue weighted by atomic mass is 19.1. The average molecular weight is 278 g/mol. The van der Waals surface area contributed by atoms with Crippen LogP contribution in [0.4, 0.5) is 10.1 Å². The smallest absolute Gasteiger partial charge is 0.149 e. The number of rotatable bonds is 5. The number of ketones is 1. The van der Waals surface area contributed by atoms with Crippen LogP contribution in [0.15, 0.2) is 24.3 Å². The van der Waals surface area contributed by atoms with Crippen molar-refractivity contribution in [2.45, 2.75) is 20.3 Å². The van der Waals surface area contributed by atoms with Crippen LogP contribution in [-0.4, -0.2) is 43.4 Å². The van der Waals surface area contributed by atoms with Crippen molar-refractivity contribution >= 4 is 11.5 Å². The number of hydrogen-bond donors (Lipinski definition) is 0. The zero-order valence-electron chi connectivity index (χ0n) is 12.3. The number of piperazine rings is 1. The van der Waals surface area contributed by atoms with E-state index < -0.39 is 0 Å². The van der Waals surface area contributed by atoms with Gasteiger partial charge in [0.1, 0.15) is 11.6 Å². The Bertz CT molecular complexity index is 456. The van der Waals surface area contributed by atoms with Gasteiger partial charge in [0.25, 0.3) is 0 Å². The van der Waals surface area contributed by atoms with Gasteiger partial charge in [-0.05, 0) is 18.6 Å². The first kappa shape index (κ1) is 15.0. The Kier molecular flexibility index (Phi) is 5.12. The third kappa shape index (κ3) is 3.57. The molecular formula is C16H23FN2O. The van der Waals surface area contributed by atoms with E-state index in [2.05, 4.69) is 9.80 Å². The normalized spacial score (nSPS) is 18.1. The maximum atomic E-state index is 13.7. The molecule has 0 saturated carbocycles. The van der Waals surface area contributed by atoms with Crippen molar-refractivity contribution in [3.05, 3.63) is 30.1 Å². The number of carbonyl (C=O) groups excluding carboxylic acids is 1. The van der Waals surface area contributed by atoms with E-state index in [1.165, 1.54) is 6.07 Å².